The van der Waals surface area contributed by atoms with Crippen LogP contribution in [0.3, 0.4) is 0 Å². The first-order valence-electron chi connectivity index (χ1n) is 8.95. The van der Waals surface area contributed by atoms with Crippen LogP contribution in [0, 0.1) is 17.7 Å². The molecule has 0 atom stereocenters. The molecule has 2 heterocycles. The number of nitrogens with zero attached hydrogens (tertiary/aromatic N) is 2. The van der Waals surface area contributed by atoms with Gasteiger partial charge in [0.15, 0.2) is 0 Å². The Labute approximate surface area is 182 Å². The lowest BCUT2D eigenvalue weighted by molar-refractivity contribution is 0.306. The van der Waals surface area contributed by atoms with Gasteiger partial charge in [0.05, 0.1) is 10.6 Å². The number of rotatable bonds is 5. The largest absolute Gasteiger partial charge is 0.487 e. The highest BCUT2D eigenvalue weighted by Crippen LogP contribution is 2.30. The van der Waals surface area contributed by atoms with Crippen LogP contribution in [0.4, 0.5) is 15.9 Å². The van der Waals surface area contributed by atoms with Gasteiger partial charge in [-0.15, -0.1) is 0 Å². The molecule has 2 aromatic carbocycles. The van der Waals surface area contributed by atoms with Crippen molar-refractivity contribution in [3.05, 3.63) is 99.3 Å². The van der Waals surface area contributed by atoms with Crippen molar-refractivity contribution in [3.63, 3.8) is 0 Å². The minimum Gasteiger partial charge on any atom is -0.487 e. The number of hydrogen-bond donors (Lipinski definition) is 1. The maximum absolute atomic E-state index is 13.3. The fraction of sp³-hybridized carbons (Fsp3) is 0.0435. The van der Waals surface area contributed by atoms with Gasteiger partial charge in [-0.1, -0.05) is 35.6 Å². The van der Waals surface area contributed by atoms with Crippen LogP contribution < -0.4 is 10.1 Å². The molecular formula is C23H15ClFN3OS. The van der Waals surface area contributed by atoms with Crippen LogP contribution in [0.15, 0.2) is 71.8 Å². The van der Waals surface area contributed by atoms with E-state index in [9.17, 15) is 4.39 Å². The van der Waals surface area contributed by atoms with Crippen molar-refractivity contribution in [2.75, 3.05) is 5.32 Å². The van der Waals surface area contributed by atoms with Gasteiger partial charge in [-0.25, -0.2) is 14.4 Å². The summed E-state index contributed by atoms with van der Waals surface area (Å²) in [5.41, 5.74) is 3.07. The summed E-state index contributed by atoms with van der Waals surface area (Å²) in [6.45, 7) is 0.221. The molecule has 0 amide bonds. The zero-order valence-corrected chi connectivity index (χ0v) is 17.2. The Hall–Kier alpha value is -3.40. The topological polar surface area (TPSA) is 47.0 Å². The summed E-state index contributed by atoms with van der Waals surface area (Å²) in [7, 11) is 0. The SMILES string of the molecule is Fc1cccc(COc2ccc(Nc3ncncc3C#Cc3ccsc3)cc2Cl)c1. The fourth-order valence-electron chi connectivity index (χ4n) is 2.62. The van der Waals surface area contributed by atoms with E-state index in [1.165, 1.54) is 18.5 Å². The molecule has 1 N–H and O–H groups in total. The van der Waals surface area contributed by atoms with Crippen LogP contribution in [0.2, 0.25) is 5.02 Å². The summed E-state index contributed by atoms with van der Waals surface area (Å²) in [6, 6.07) is 13.5. The number of hydrogen-bond acceptors (Lipinski definition) is 5. The van der Waals surface area contributed by atoms with Crippen molar-refractivity contribution in [2.45, 2.75) is 6.61 Å². The van der Waals surface area contributed by atoms with Crippen molar-refractivity contribution >= 4 is 34.4 Å². The molecule has 2 aromatic heterocycles. The first-order chi connectivity index (χ1) is 14.7. The van der Waals surface area contributed by atoms with E-state index in [1.807, 2.05) is 22.9 Å². The van der Waals surface area contributed by atoms with Gasteiger partial charge in [-0.2, -0.15) is 11.3 Å². The molecule has 30 heavy (non-hydrogen) atoms. The predicted octanol–water partition coefficient (Wildman–Crippen LogP) is 6.05. The summed E-state index contributed by atoms with van der Waals surface area (Å²) < 4.78 is 19.0. The number of thiophene rings is 1. The fourth-order valence-corrected chi connectivity index (χ4v) is 3.44. The van der Waals surface area contributed by atoms with Crippen LogP contribution in [-0.4, -0.2) is 9.97 Å². The van der Waals surface area contributed by atoms with E-state index in [4.69, 9.17) is 16.3 Å². The lowest BCUT2D eigenvalue weighted by Gasteiger charge is -2.11. The molecule has 4 nitrogen and oxygen atoms in total. The van der Waals surface area contributed by atoms with Gasteiger partial charge in [0.2, 0.25) is 0 Å². The Bertz CT molecular complexity index is 1220. The third kappa shape index (κ3) is 5.15. The van der Waals surface area contributed by atoms with Crippen LogP contribution in [0.1, 0.15) is 16.7 Å². The third-order valence-electron chi connectivity index (χ3n) is 4.05. The second kappa shape index (κ2) is 9.40. The van der Waals surface area contributed by atoms with Crippen molar-refractivity contribution in [3.8, 4) is 17.6 Å². The molecule has 0 aliphatic heterocycles. The van der Waals surface area contributed by atoms with Gasteiger partial charge in [-0.3, -0.25) is 0 Å². The maximum Gasteiger partial charge on any atom is 0.149 e. The van der Waals surface area contributed by atoms with Crippen molar-refractivity contribution in [1.82, 2.24) is 9.97 Å². The van der Waals surface area contributed by atoms with Gasteiger partial charge in [0.25, 0.3) is 0 Å². The van der Waals surface area contributed by atoms with E-state index in [-0.39, 0.29) is 12.4 Å². The summed E-state index contributed by atoms with van der Waals surface area (Å²) in [5, 5.41) is 7.59. The molecule has 7 heteroatoms. The highest BCUT2D eigenvalue weighted by molar-refractivity contribution is 7.08. The maximum atomic E-state index is 13.3. The average Bonchev–Trinajstić information content (AvgIpc) is 3.26. The number of anilines is 2. The third-order valence-corrected chi connectivity index (χ3v) is 5.03. The lowest BCUT2D eigenvalue weighted by atomic mass is 10.2. The zero-order chi connectivity index (χ0) is 20.8. The monoisotopic (exact) mass is 435 g/mol. The number of benzene rings is 2. The molecule has 4 aromatic rings. The van der Waals surface area contributed by atoms with E-state index in [2.05, 4.69) is 27.1 Å². The molecule has 0 unspecified atom stereocenters. The smallest absolute Gasteiger partial charge is 0.149 e. The second-order valence-corrected chi connectivity index (χ2v) is 7.42. The molecule has 0 fully saturated rings. The van der Waals surface area contributed by atoms with Gasteiger partial charge in [0, 0.05) is 22.8 Å². The molecule has 0 radical (unpaired) electrons. The first-order valence-corrected chi connectivity index (χ1v) is 10.3. The average molecular weight is 436 g/mol. The van der Waals surface area contributed by atoms with Gasteiger partial charge >= 0.3 is 0 Å². The van der Waals surface area contributed by atoms with Crippen LogP contribution >= 0.6 is 22.9 Å². The van der Waals surface area contributed by atoms with E-state index < -0.39 is 0 Å². The van der Waals surface area contributed by atoms with E-state index in [0.29, 0.717) is 22.2 Å². The van der Waals surface area contributed by atoms with Crippen LogP contribution in [0.5, 0.6) is 5.75 Å². The summed E-state index contributed by atoms with van der Waals surface area (Å²) in [6.07, 6.45) is 3.11. The summed E-state index contributed by atoms with van der Waals surface area (Å²) in [5.74, 6) is 6.96. The molecule has 0 aliphatic carbocycles. The van der Waals surface area contributed by atoms with Gasteiger partial charge < -0.3 is 10.1 Å². The Morgan fingerprint density at radius 2 is 2.07 bits per heavy atom. The Kier molecular flexibility index (Phi) is 6.23. The lowest BCUT2D eigenvalue weighted by Crippen LogP contribution is -1.99. The number of aromatic nitrogens is 2. The first kappa shape index (κ1) is 19.9. The molecule has 0 spiro atoms. The van der Waals surface area contributed by atoms with Crippen molar-refractivity contribution < 1.29 is 9.13 Å². The molecule has 0 saturated heterocycles. The molecule has 0 aliphatic rings. The molecule has 0 saturated carbocycles. The molecule has 4 rings (SSSR count). The van der Waals surface area contributed by atoms with E-state index >= 15 is 0 Å². The molecule has 148 valence electrons. The number of ether oxygens (including phenoxy) is 1. The van der Waals surface area contributed by atoms with E-state index in [0.717, 1.165) is 16.8 Å². The van der Waals surface area contributed by atoms with Gasteiger partial charge in [0.1, 0.15) is 30.3 Å². The van der Waals surface area contributed by atoms with Gasteiger partial charge in [-0.05, 0) is 47.3 Å². The highest BCUT2D eigenvalue weighted by Gasteiger charge is 2.07. The number of nitrogens with one attached hydrogen (secondary N) is 1. The van der Waals surface area contributed by atoms with Crippen LogP contribution in [-0.2, 0) is 6.61 Å². The molecule has 0 bridgehead atoms. The summed E-state index contributed by atoms with van der Waals surface area (Å²) >= 11 is 7.96. The Balaban J connectivity index is 1.47. The Morgan fingerprint density at radius 1 is 1.13 bits per heavy atom. The summed E-state index contributed by atoms with van der Waals surface area (Å²) in [4.78, 5) is 8.33. The zero-order valence-electron chi connectivity index (χ0n) is 15.6. The minimum atomic E-state index is -0.301. The highest BCUT2D eigenvalue weighted by atomic mass is 35.5. The molecular weight excluding hydrogens is 421 g/mol. The van der Waals surface area contributed by atoms with Crippen LogP contribution in [0.25, 0.3) is 0 Å². The quantitative estimate of drug-likeness (QED) is 0.387. The minimum absolute atomic E-state index is 0.221. The normalized spacial score (nSPS) is 10.2. The standard InChI is InChI=1S/C23H15ClFN3OS/c24-21-11-20(6-7-22(21)29-13-17-2-1-3-19(25)10-17)28-23-18(12-26-15-27-23)5-4-16-8-9-30-14-16/h1-3,6-12,14-15H,13H2,(H,26,27,28). The van der Waals surface area contributed by atoms with Crippen molar-refractivity contribution in [2.24, 2.45) is 0 Å². The predicted molar refractivity (Wildman–Crippen MR) is 118 cm³/mol. The number of halogens is 2. The van der Waals surface area contributed by atoms with E-state index in [1.54, 1.807) is 41.8 Å². The Morgan fingerprint density at radius 3 is 2.87 bits per heavy atom. The van der Waals surface area contributed by atoms with Crippen molar-refractivity contribution in [1.29, 1.82) is 0 Å². The second-order valence-electron chi connectivity index (χ2n) is 6.24.